The maximum atomic E-state index is 2.29. The van der Waals surface area contributed by atoms with Crippen molar-refractivity contribution in [2.24, 2.45) is 0 Å². The van der Waals surface area contributed by atoms with E-state index in [1.807, 2.05) is 6.07 Å². The molecule has 1 nitrogen and oxygen atoms in total. The summed E-state index contributed by atoms with van der Waals surface area (Å²) >= 11 is 0. The van der Waals surface area contributed by atoms with Crippen LogP contribution >= 0.6 is 0 Å². The van der Waals surface area contributed by atoms with Crippen molar-refractivity contribution in [3.63, 3.8) is 0 Å². The van der Waals surface area contributed by atoms with Crippen LogP contribution in [0.25, 0.3) is 5.57 Å². The van der Waals surface area contributed by atoms with Crippen molar-refractivity contribution in [3.05, 3.63) is 54.2 Å². The number of hydrogen-bond donors (Lipinski definition) is 0. The van der Waals surface area contributed by atoms with Gasteiger partial charge in [-0.3, -0.25) is 0 Å². The first-order valence-corrected chi connectivity index (χ1v) is 4.95. The van der Waals surface area contributed by atoms with Crippen molar-refractivity contribution in [1.29, 1.82) is 0 Å². The van der Waals surface area contributed by atoms with Crippen LogP contribution in [-0.2, 0) is 0 Å². The Labute approximate surface area is 85.4 Å². The van der Waals surface area contributed by atoms with E-state index in [0.717, 1.165) is 0 Å². The lowest BCUT2D eigenvalue weighted by atomic mass is 10.0. The van der Waals surface area contributed by atoms with E-state index in [-0.39, 0.29) is 0 Å². The molecule has 0 N–H and O–H groups in total. The number of nitrogens with zero attached hydrogens (tertiary/aromatic N) is 1. The fourth-order valence-corrected chi connectivity index (χ4v) is 1.59. The highest BCUT2D eigenvalue weighted by Gasteiger charge is 2.08. The van der Waals surface area contributed by atoms with Gasteiger partial charge in [0.15, 0.2) is 0 Å². The van der Waals surface area contributed by atoms with Gasteiger partial charge < -0.3 is 4.90 Å². The zero-order valence-corrected chi connectivity index (χ0v) is 8.64. The summed E-state index contributed by atoms with van der Waals surface area (Å²) < 4.78 is 0. The topological polar surface area (TPSA) is 3.24 Å². The van der Waals surface area contributed by atoms with Gasteiger partial charge in [-0.05, 0) is 30.3 Å². The molecule has 1 atom stereocenters. The Balaban J connectivity index is 2.30. The molecule has 0 fully saturated rings. The zero-order valence-electron chi connectivity index (χ0n) is 8.64. The van der Waals surface area contributed by atoms with Gasteiger partial charge in [0.2, 0.25) is 0 Å². The van der Waals surface area contributed by atoms with Gasteiger partial charge in [0.1, 0.15) is 0 Å². The van der Waals surface area contributed by atoms with E-state index in [4.69, 9.17) is 0 Å². The van der Waals surface area contributed by atoms with Crippen molar-refractivity contribution in [3.8, 4) is 0 Å². The summed E-state index contributed by atoms with van der Waals surface area (Å²) in [5, 5.41) is 0. The molecule has 2 rings (SSSR count). The second-order valence-electron chi connectivity index (χ2n) is 3.71. The predicted molar refractivity (Wildman–Crippen MR) is 60.8 cm³/mol. The van der Waals surface area contributed by atoms with E-state index < -0.39 is 0 Å². The molecule has 1 aromatic carbocycles. The summed E-state index contributed by atoms with van der Waals surface area (Å²) in [5.41, 5.74) is 2.61. The molecule has 1 heteroatoms. The molecule has 0 amide bonds. The van der Waals surface area contributed by atoms with Crippen molar-refractivity contribution < 1.29 is 0 Å². The molecule has 0 saturated heterocycles. The highest BCUT2D eigenvalue weighted by atomic mass is 15.1. The molecule has 1 aliphatic rings. The van der Waals surface area contributed by atoms with E-state index in [2.05, 4.69) is 61.5 Å². The van der Waals surface area contributed by atoms with Crippen LogP contribution in [0.5, 0.6) is 0 Å². The summed E-state index contributed by atoms with van der Waals surface area (Å²) in [6.07, 6.45) is 6.58. The summed E-state index contributed by atoms with van der Waals surface area (Å²) in [6.45, 7) is 2.20. The smallest absolute Gasteiger partial charge is 0.0445 e. The van der Waals surface area contributed by atoms with Gasteiger partial charge in [0.25, 0.3) is 0 Å². The van der Waals surface area contributed by atoms with Gasteiger partial charge in [-0.15, -0.1) is 0 Å². The van der Waals surface area contributed by atoms with E-state index in [9.17, 15) is 0 Å². The van der Waals surface area contributed by atoms with E-state index in [1.165, 1.54) is 11.1 Å². The van der Waals surface area contributed by atoms with Gasteiger partial charge in [0.05, 0.1) is 0 Å². The molecule has 14 heavy (non-hydrogen) atoms. The Morgan fingerprint density at radius 2 is 1.86 bits per heavy atom. The molecule has 72 valence electrons. The molecule has 0 aliphatic carbocycles. The molecule has 1 aromatic rings. The lowest BCUT2D eigenvalue weighted by molar-refractivity contribution is 0.404. The summed E-state index contributed by atoms with van der Waals surface area (Å²) in [5.74, 6) is 0. The second-order valence-corrected chi connectivity index (χ2v) is 3.71. The van der Waals surface area contributed by atoms with Crippen LogP contribution in [0, 0.1) is 0 Å². The molecule has 0 saturated carbocycles. The van der Waals surface area contributed by atoms with Gasteiger partial charge >= 0.3 is 0 Å². The van der Waals surface area contributed by atoms with E-state index in [0.29, 0.717) is 6.04 Å². The maximum Gasteiger partial charge on any atom is 0.0445 e. The summed E-state index contributed by atoms with van der Waals surface area (Å²) in [4.78, 5) is 2.20. The third-order valence-corrected chi connectivity index (χ3v) is 2.66. The van der Waals surface area contributed by atoms with Gasteiger partial charge in [0, 0.05) is 13.1 Å². The SMILES string of the molecule is CC1C=C(c2ccccc2)C=CN1C. The highest BCUT2D eigenvalue weighted by molar-refractivity contribution is 5.75. The Bertz CT molecular complexity index is 362. The number of hydrogen-bond acceptors (Lipinski definition) is 1. The fraction of sp³-hybridized carbons (Fsp3) is 0.231. The zero-order chi connectivity index (χ0) is 9.97. The predicted octanol–water partition coefficient (Wildman–Crippen LogP) is 2.92. The Hall–Kier alpha value is -1.50. The fourth-order valence-electron chi connectivity index (χ4n) is 1.59. The average molecular weight is 185 g/mol. The van der Waals surface area contributed by atoms with Crippen LogP contribution < -0.4 is 0 Å². The van der Waals surface area contributed by atoms with Crippen molar-refractivity contribution >= 4 is 5.57 Å². The molecule has 1 aliphatic heterocycles. The Morgan fingerprint density at radius 1 is 1.14 bits per heavy atom. The third kappa shape index (κ3) is 1.72. The van der Waals surface area contributed by atoms with E-state index >= 15 is 0 Å². The van der Waals surface area contributed by atoms with Crippen LogP contribution in [0.2, 0.25) is 0 Å². The molecule has 0 radical (unpaired) electrons. The lowest BCUT2D eigenvalue weighted by Crippen LogP contribution is -2.23. The van der Waals surface area contributed by atoms with Crippen molar-refractivity contribution in [1.82, 2.24) is 4.90 Å². The monoisotopic (exact) mass is 185 g/mol. The van der Waals surface area contributed by atoms with Crippen LogP contribution in [-0.4, -0.2) is 18.0 Å². The molecular formula is C13H15N. The minimum absolute atomic E-state index is 0.482. The normalized spacial score (nSPS) is 20.9. The minimum Gasteiger partial charge on any atom is -0.374 e. The first-order chi connectivity index (χ1) is 6.77. The Morgan fingerprint density at radius 3 is 2.50 bits per heavy atom. The van der Waals surface area contributed by atoms with Crippen LogP contribution in [0.1, 0.15) is 12.5 Å². The molecule has 1 heterocycles. The standard InChI is InChI=1S/C13H15N/c1-11-10-13(8-9-14(11)2)12-6-4-3-5-7-12/h3-11H,1-2H3. The van der Waals surface area contributed by atoms with Gasteiger partial charge in [-0.2, -0.15) is 0 Å². The molecule has 0 spiro atoms. The maximum absolute atomic E-state index is 2.29. The third-order valence-electron chi connectivity index (χ3n) is 2.66. The highest BCUT2D eigenvalue weighted by Crippen LogP contribution is 2.21. The Kier molecular flexibility index (Phi) is 2.40. The van der Waals surface area contributed by atoms with Crippen LogP contribution in [0.4, 0.5) is 0 Å². The summed E-state index contributed by atoms with van der Waals surface area (Å²) in [7, 11) is 2.10. The van der Waals surface area contributed by atoms with Crippen LogP contribution in [0.15, 0.2) is 48.7 Å². The van der Waals surface area contributed by atoms with Crippen LogP contribution in [0.3, 0.4) is 0 Å². The number of rotatable bonds is 1. The molecular weight excluding hydrogens is 170 g/mol. The van der Waals surface area contributed by atoms with Gasteiger partial charge in [-0.1, -0.05) is 36.4 Å². The molecule has 1 unspecified atom stereocenters. The van der Waals surface area contributed by atoms with Crippen molar-refractivity contribution in [2.75, 3.05) is 7.05 Å². The van der Waals surface area contributed by atoms with E-state index in [1.54, 1.807) is 0 Å². The molecule has 0 aromatic heterocycles. The quantitative estimate of drug-likeness (QED) is 0.650. The first-order valence-electron chi connectivity index (χ1n) is 4.95. The van der Waals surface area contributed by atoms with Crippen molar-refractivity contribution in [2.45, 2.75) is 13.0 Å². The molecule has 0 bridgehead atoms. The number of benzene rings is 1. The lowest BCUT2D eigenvalue weighted by Gasteiger charge is -2.24. The second kappa shape index (κ2) is 3.70. The number of likely N-dealkylation sites (N-methyl/N-ethyl adjacent to an activating group) is 1. The minimum atomic E-state index is 0.482. The average Bonchev–Trinajstić information content (AvgIpc) is 2.23. The summed E-state index contributed by atoms with van der Waals surface area (Å²) in [6, 6.07) is 11.0. The largest absolute Gasteiger partial charge is 0.374 e. The first kappa shape index (κ1) is 9.07. The van der Waals surface area contributed by atoms with Gasteiger partial charge in [-0.25, -0.2) is 0 Å². The number of allylic oxidation sites excluding steroid dienone is 2.